The Labute approximate surface area is 156 Å². The van der Waals surface area contributed by atoms with Crippen molar-refractivity contribution in [2.24, 2.45) is 0 Å². The Morgan fingerprint density at radius 2 is 1.81 bits per heavy atom. The molecule has 3 N–H and O–H groups in total. The molecule has 27 heavy (non-hydrogen) atoms. The molecule has 2 atom stereocenters. The number of carbonyl (C=O) groups excluding carboxylic acids is 2. The van der Waals surface area contributed by atoms with E-state index in [1.807, 2.05) is 30.3 Å². The van der Waals surface area contributed by atoms with Gasteiger partial charge in [0, 0.05) is 24.5 Å². The summed E-state index contributed by atoms with van der Waals surface area (Å²) in [4.78, 5) is 30.4. The number of hydrogen-bond donors (Lipinski definition) is 3. The highest BCUT2D eigenvalue weighted by Crippen LogP contribution is 2.17. The number of rotatable bonds is 8. The lowest BCUT2D eigenvalue weighted by atomic mass is 10.1. The second-order valence-corrected chi connectivity index (χ2v) is 5.62. The fraction of sp³-hybridized carbons (Fsp3) is 0.333. The molecule has 0 spiro atoms. The summed E-state index contributed by atoms with van der Waals surface area (Å²) < 4.78 is 9.52. The van der Waals surface area contributed by atoms with Crippen molar-refractivity contribution < 1.29 is 29.3 Å². The molecule has 0 saturated heterocycles. The van der Waals surface area contributed by atoms with Crippen LogP contribution in [0.25, 0.3) is 0 Å². The molecule has 0 fully saturated rings. The van der Waals surface area contributed by atoms with Crippen LogP contribution in [0.1, 0.15) is 34.3 Å². The number of ether oxygens (including phenoxy) is 2. The van der Waals surface area contributed by atoms with Crippen molar-refractivity contribution in [1.82, 2.24) is 15.3 Å². The van der Waals surface area contributed by atoms with E-state index in [4.69, 9.17) is 4.74 Å². The molecular formula is C18H21N3O6. The van der Waals surface area contributed by atoms with Crippen molar-refractivity contribution in [3.05, 3.63) is 59.7 Å². The van der Waals surface area contributed by atoms with Gasteiger partial charge in [0.1, 0.15) is 12.7 Å². The van der Waals surface area contributed by atoms with Gasteiger partial charge in [0.25, 0.3) is 0 Å². The first-order chi connectivity index (χ1) is 13.0. The molecule has 0 bridgehead atoms. The maximum absolute atomic E-state index is 11.6. The van der Waals surface area contributed by atoms with Gasteiger partial charge in [-0.05, 0) is 12.0 Å². The Morgan fingerprint density at radius 3 is 2.44 bits per heavy atom. The van der Waals surface area contributed by atoms with Crippen molar-refractivity contribution in [3.8, 4) is 0 Å². The zero-order valence-electron chi connectivity index (χ0n) is 14.7. The normalized spacial score (nSPS) is 12.7. The van der Waals surface area contributed by atoms with Crippen LogP contribution in [-0.2, 0) is 16.1 Å². The van der Waals surface area contributed by atoms with Crippen LogP contribution < -0.4 is 5.32 Å². The molecule has 0 aliphatic heterocycles. The van der Waals surface area contributed by atoms with Crippen LogP contribution in [0.3, 0.4) is 0 Å². The SMILES string of the molecule is COC(=O)c1ncc(C(O)C(O)CCNC(=O)OCc2ccccc2)cn1. The molecule has 0 aliphatic rings. The lowest BCUT2D eigenvalue weighted by Gasteiger charge is -2.17. The number of esters is 1. The maximum Gasteiger partial charge on any atom is 0.407 e. The standard InChI is InChI=1S/C18H21N3O6/c1-26-17(24)16-20-9-13(10-21-16)15(23)14(22)7-8-19-18(25)27-11-12-5-3-2-4-6-12/h2-6,9-10,14-15,22-23H,7-8,11H2,1H3,(H,19,25). The van der Waals surface area contributed by atoms with E-state index in [9.17, 15) is 19.8 Å². The molecule has 144 valence electrons. The minimum atomic E-state index is -1.26. The predicted molar refractivity (Wildman–Crippen MR) is 93.6 cm³/mol. The van der Waals surface area contributed by atoms with E-state index in [0.717, 1.165) is 5.56 Å². The molecule has 0 aliphatic carbocycles. The first kappa shape index (κ1) is 20.3. The van der Waals surface area contributed by atoms with E-state index in [1.165, 1.54) is 19.5 Å². The van der Waals surface area contributed by atoms with Gasteiger partial charge < -0.3 is 25.0 Å². The summed E-state index contributed by atoms with van der Waals surface area (Å²) in [5.74, 6) is -0.847. The molecule has 0 saturated carbocycles. The topological polar surface area (TPSA) is 131 Å². The van der Waals surface area contributed by atoms with Gasteiger partial charge in [0.2, 0.25) is 5.82 Å². The highest BCUT2D eigenvalue weighted by Gasteiger charge is 2.20. The quantitative estimate of drug-likeness (QED) is 0.582. The molecule has 1 amide bonds. The number of hydrogen-bond acceptors (Lipinski definition) is 8. The average molecular weight is 375 g/mol. The third kappa shape index (κ3) is 6.32. The summed E-state index contributed by atoms with van der Waals surface area (Å²) in [7, 11) is 1.20. The predicted octanol–water partition coefficient (Wildman–Crippen LogP) is 0.974. The smallest absolute Gasteiger partial charge is 0.407 e. The number of nitrogens with zero attached hydrogens (tertiary/aromatic N) is 2. The number of aliphatic hydroxyl groups excluding tert-OH is 2. The number of nitrogens with one attached hydrogen (secondary N) is 1. The minimum absolute atomic E-state index is 0.0837. The first-order valence-electron chi connectivity index (χ1n) is 8.22. The number of aliphatic hydroxyl groups is 2. The molecule has 1 aromatic heterocycles. The van der Waals surface area contributed by atoms with E-state index in [0.29, 0.717) is 0 Å². The Morgan fingerprint density at radius 1 is 1.15 bits per heavy atom. The zero-order chi connectivity index (χ0) is 19.6. The van der Waals surface area contributed by atoms with Crippen LogP contribution in [0.15, 0.2) is 42.7 Å². The average Bonchev–Trinajstić information content (AvgIpc) is 2.72. The van der Waals surface area contributed by atoms with Crippen molar-refractivity contribution >= 4 is 12.1 Å². The summed E-state index contributed by atoms with van der Waals surface area (Å²) in [6.07, 6.45) is -0.499. The fourth-order valence-electron chi connectivity index (χ4n) is 2.16. The van der Waals surface area contributed by atoms with E-state index in [-0.39, 0.29) is 31.0 Å². The van der Waals surface area contributed by atoms with Gasteiger partial charge >= 0.3 is 12.1 Å². The van der Waals surface area contributed by atoms with Crippen molar-refractivity contribution in [2.75, 3.05) is 13.7 Å². The van der Waals surface area contributed by atoms with Crippen molar-refractivity contribution in [2.45, 2.75) is 25.2 Å². The number of carbonyl (C=O) groups is 2. The highest BCUT2D eigenvalue weighted by molar-refractivity contribution is 5.84. The molecule has 2 aromatic rings. The summed E-state index contributed by atoms with van der Waals surface area (Å²) in [5, 5.41) is 22.6. The lowest BCUT2D eigenvalue weighted by Crippen LogP contribution is -2.30. The first-order valence-corrected chi connectivity index (χ1v) is 8.22. The summed E-state index contributed by atoms with van der Waals surface area (Å²) >= 11 is 0. The summed E-state index contributed by atoms with van der Waals surface area (Å²) in [5.41, 5.74) is 1.10. The van der Waals surface area contributed by atoms with E-state index in [2.05, 4.69) is 20.0 Å². The maximum atomic E-state index is 11.6. The summed E-state index contributed by atoms with van der Waals surface area (Å²) in [6.45, 7) is 0.245. The summed E-state index contributed by atoms with van der Waals surface area (Å²) in [6, 6.07) is 9.22. The second kappa shape index (κ2) is 10.2. The van der Waals surface area contributed by atoms with E-state index < -0.39 is 24.3 Å². The number of alkyl carbamates (subject to hydrolysis) is 1. The minimum Gasteiger partial charge on any atom is -0.463 e. The number of aromatic nitrogens is 2. The number of amides is 1. The van der Waals surface area contributed by atoms with Gasteiger partial charge in [-0.2, -0.15) is 0 Å². The Balaban J connectivity index is 1.73. The third-order valence-electron chi connectivity index (χ3n) is 3.67. The number of methoxy groups -OCH3 is 1. The van der Waals surface area contributed by atoms with Crippen LogP contribution in [0.4, 0.5) is 4.79 Å². The molecule has 1 aromatic carbocycles. The van der Waals surface area contributed by atoms with Gasteiger partial charge in [0.15, 0.2) is 0 Å². The van der Waals surface area contributed by atoms with E-state index >= 15 is 0 Å². The number of benzene rings is 1. The van der Waals surface area contributed by atoms with Gasteiger partial charge in [-0.3, -0.25) is 0 Å². The fourth-order valence-corrected chi connectivity index (χ4v) is 2.16. The molecule has 9 nitrogen and oxygen atoms in total. The Kier molecular flexibility index (Phi) is 7.65. The Bertz CT molecular complexity index is 739. The zero-order valence-corrected chi connectivity index (χ0v) is 14.7. The van der Waals surface area contributed by atoms with Crippen LogP contribution in [-0.4, -0.2) is 52.0 Å². The van der Waals surface area contributed by atoms with Crippen LogP contribution >= 0.6 is 0 Å². The molecule has 9 heteroatoms. The van der Waals surface area contributed by atoms with Gasteiger partial charge in [-0.15, -0.1) is 0 Å². The Hall–Kier alpha value is -3.04. The van der Waals surface area contributed by atoms with Gasteiger partial charge in [-0.25, -0.2) is 19.6 Å². The van der Waals surface area contributed by atoms with Crippen molar-refractivity contribution in [3.63, 3.8) is 0 Å². The third-order valence-corrected chi connectivity index (χ3v) is 3.67. The van der Waals surface area contributed by atoms with Crippen LogP contribution in [0.2, 0.25) is 0 Å². The monoisotopic (exact) mass is 375 g/mol. The molecular weight excluding hydrogens is 354 g/mol. The molecule has 0 radical (unpaired) electrons. The molecule has 1 heterocycles. The highest BCUT2D eigenvalue weighted by atomic mass is 16.5. The second-order valence-electron chi connectivity index (χ2n) is 5.62. The van der Waals surface area contributed by atoms with Crippen LogP contribution in [0.5, 0.6) is 0 Å². The van der Waals surface area contributed by atoms with Gasteiger partial charge in [0.05, 0.1) is 13.2 Å². The molecule has 2 rings (SSSR count). The van der Waals surface area contributed by atoms with Crippen LogP contribution in [0, 0.1) is 0 Å². The largest absolute Gasteiger partial charge is 0.463 e. The van der Waals surface area contributed by atoms with Crippen molar-refractivity contribution in [1.29, 1.82) is 0 Å². The van der Waals surface area contributed by atoms with E-state index in [1.54, 1.807) is 0 Å². The lowest BCUT2D eigenvalue weighted by molar-refractivity contribution is 0.0132. The van der Waals surface area contributed by atoms with Gasteiger partial charge in [-0.1, -0.05) is 30.3 Å². The molecule has 2 unspecified atom stereocenters.